The lowest BCUT2D eigenvalue weighted by Crippen LogP contribution is -2.13. The summed E-state index contributed by atoms with van der Waals surface area (Å²) in [5.41, 5.74) is 3.89. The Bertz CT molecular complexity index is 1480. The number of nitrogens with zero attached hydrogens (tertiary/aromatic N) is 4. The zero-order valence-electron chi connectivity index (χ0n) is 17.3. The van der Waals surface area contributed by atoms with Gasteiger partial charge in [-0.05, 0) is 30.3 Å². The van der Waals surface area contributed by atoms with Gasteiger partial charge < -0.3 is 0 Å². The van der Waals surface area contributed by atoms with Gasteiger partial charge in [0.15, 0.2) is 5.13 Å². The molecule has 0 atom stereocenters. The lowest BCUT2D eigenvalue weighted by Gasteiger charge is -2.01. The van der Waals surface area contributed by atoms with Crippen molar-refractivity contribution >= 4 is 38.7 Å². The molecule has 0 unspecified atom stereocenters. The van der Waals surface area contributed by atoms with Crippen molar-refractivity contribution in [1.29, 1.82) is 5.26 Å². The summed E-state index contributed by atoms with van der Waals surface area (Å²) < 4.78 is 2.71. The third kappa shape index (κ3) is 4.28. The number of hydrogen-bond acceptors (Lipinski definition) is 5. The van der Waals surface area contributed by atoms with Crippen LogP contribution in [0.3, 0.4) is 0 Å². The largest absolute Gasteiger partial charge is 0.297 e. The maximum atomic E-state index is 12.9. The van der Waals surface area contributed by atoms with Crippen LogP contribution in [-0.4, -0.2) is 20.7 Å². The number of carbonyl (C=O) groups excluding carboxylic acids is 1. The molecule has 0 bridgehead atoms. The van der Waals surface area contributed by atoms with E-state index in [0.717, 1.165) is 21.5 Å². The van der Waals surface area contributed by atoms with Gasteiger partial charge in [0, 0.05) is 17.3 Å². The average Bonchev–Trinajstić information content (AvgIpc) is 3.47. The monoisotopic (exact) mass is 447 g/mol. The van der Waals surface area contributed by atoms with Gasteiger partial charge >= 0.3 is 0 Å². The molecule has 2 aromatic heterocycles. The van der Waals surface area contributed by atoms with Gasteiger partial charge in [0.25, 0.3) is 5.91 Å². The van der Waals surface area contributed by atoms with E-state index in [1.807, 2.05) is 97.2 Å². The van der Waals surface area contributed by atoms with Gasteiger partial charge in [-0.3, -0.25) is 10.1 Å². The normalized spacial score (nSPS) is 11.3. The van der Waals surface area contributed by atoms with Crippen LogP contribution in [0.1, 0.15) is 5.56 Å². The van der Waals surface area contributed by atoms with Crippen molar-refractivity contribution in [1.82, 2.24) is 14.8 Å². The molecule has 5 aromatic rings. The summed E-state index contributed by atoms with van der Waals surface area (Å²) in [6, 6.07) is 29.0. The second-order valence-electron chi connectivity index (χ2n) is 7.19. The zero-order chi connectivity index (χ0) is 22.6. The van der Waals surface area contributed by atoms with Crippen molar-refractivity contribution in [3.8, 4) is 23.0 Å². The summed E-state index contributed by atoms with van der Waals surface area (Å²) in [6.45, 7) is 0. The smallest absolute Gasteiger partial charge is 0.268 e. The second-order valence-corrected chi connectivity index (χ2v) is 8.22. The Labute approximate surface area is 194 Å². The number of thiazole rings is 1. The van der Waals surface area contributed by atoms with E-state index in [0.29, 0.717) is 16.4 Å². The van der Waals surface area contributed by atoms with E-state index >= 15 is 0 Å². The number of amides is 1. The minimum absolute atomic E-state index is 0.0287. The summed E-state index contributed by atoms with van der Waals surface area (Å²) in [4.78, 5) is 17.3. The molecule has 1 amide bonds. The molecule has 0 aliphatic carbocycles. The fourth-order valence-corrected chi connectivity index (χ4v) is 4.28. The Morgan fingerprint density at radius 3 is 2.39 bits per heavy atom. The SMILES string of the molecule is N#CC(=Cc1cn(-c2ccccc2)nc1-c1ccccc1)C(=O)Nc1nc2ccccc2s1. The van der Waals surface area contributed by atoms with Gasteiger partial charge in [0.05, 0.1) is 21.6 Å². The van der Waals surface area contributed by atoms with Gasteiger partial charge in [-0.15, -0.1) is 0 Å². The second kappa shape index (κ2) is 8.91. The predicted molar refractivity (Wildman–Crippen MR) is 131 cm³/mol. The number of nitriles is 1. The fourth-order valence-electron chi connectivity index (χ4n) is 3.42. The van der Waals surface area contributed by atoms with Crippen molar-refractivity contribution < 1.29 is 4.79 Å². The number of para-hydroxylation sites is 2. The molecular formula is C26H17N5OS. The molecule has 6 nitrogen and oxygen atoms in total. The topological polar surface area (TPSA) is 83.6 Å². The Kier molecular flexibility index (Phi) is 5.50. The Morgan fingerprint density at radius 1 is 0.970 bits per heavy atom. The molecule has 0 radical (unpaired) electrons. The first-order valence-electron chi connectivity index (χ1n) is 10.2. The number of carbonyl (C=O) groups is 1. The minimum atomic E-state index is -0.511. The number of hydrogen-bond donors (Lipinski definition) is 1. The van der Waals surface area contributed by atoms with Crippen LogP contribution in [-0.2, 0) is 4.79 Å². The molecule has 158 valence electrons. The van der Waals surface area contributed by atoms with Gasteiger partial charge in [-0.1, -0.05) is 72.0 Å². The molecule has 2 heterocycles. The lowest BCUT2D eigenvalue weighted by atomic mass is 10.1. The zero-order valence-corrected chi connectivity index (χ0v) is 18.2. The molecular weight excluding hydrogens is 430 g/mol. The minimum Gasteiger partial charge on any atom is -0.297 e. The van der Waals surface area contributed by atoms with Crippen LogP contribution >= 0.6 is 11.3 Å². The van der Waals surface area contributed by atoms with Crippen molar-refractivity contribution in [3.05, 3.63) is 102 Å². The molecule has 0 spiro atoms. The summed E-state index contributed by atoms with van der Waals surface area (Å²) in [6.07, 6.45) is 3.39. The summed E-state index contributed by atoms with van der Waals surface area (Å²) in [7, 11) is 0. The molecule has 5 rings (SSSR count). The van der Waals surface area contributed by atoms with Crippen molar-refractivity contribution in [3.63, 3.8) is 0 Å². The highest BCUT2D eigenvalue weighted by molar-refractivity contribution is 7.22. The number of nitrogens with one attached hydrogen (secondary N) is 1. The van der Waals surface area contributed by atoms with E-state index in [4.69, 9.17) is 5.10 Å². The first kappa shape index (κ1) is 20.4. The molecule has 0 saturated carbocycles. The number of aromatic nitrogens is 3. The van der Waals surface area contributed by atoms with Crippen LogP contribution < -0.4 is 5.32 Å². The quantitative estimate of drug-likeness (QED) is 0.277. The fraction of sp³-hybridized carbons (Fsp3) is 0. The molecule has 0 saturated heterocycles. The van der Waals surface area contributed by atoms with Gasteiger partial charge in [0.1, 0.15) is 11.6 Å². The molecule has 33 heavy (non-hydrogen) atoms. The summed E-state index contributed by atoms with van der Waals surface area (Å²) in [5.74, 6) is -0.511. The van der Waals surface area contributed by atoms with Crippen LogP contribution in [0.5, 0.6) is 0 Å². The highest BCUT2D eigenvalue weighted by atomic mass is 32.1. The molecule has 3 aromatic carbocycles. The Hall–Kier alpha value is -4.54. The molecule has 1 N–H and O–H groups in total. The van der Waals surface area contributed by atoms with Crippen LogP contribution in [0.15, 0.2) is 96.7 Å². The highest BCUT2D eigenvalue weighted by Gasteiger charge is 2.16. The van der Waals surface area contributed by atoms with E-state index in [9.17, 15) is 10.1 Å². The molecule has 0 fully saturated rings. The lowest BCUT2D eigenvalue weighted by molar-refractivity contribution is -0.112. The third-order valence-corrected chi connectivity index (χ3v) is 5.94. The van der Waals surface area contributed by atoms with Crippen molar-refractivity contribution in [2.45, 2.75) is 0 Å². The Morgan fingerprint density at radius 2 is 1.67 bits per heavy atom. The predicted octanol–water partition coefficient (Wildman–Crippen LogP) is 5.69. The average molecular weight is 448 g/mol. The number of fused-ring (bicyclic) bond motifs is 1. The summed E-state index contributed by atoms with van der Waals surface area (Å²) >= 11 is 1.37. The van der Waals surface area contributed by atoms with Gasteiger partial charge in [-0.2, -0.15) is 10.4 Å². The third-order valence-electron chi connectivity index (χ3n) is 4.99. The van der Waals surface area contributed by atoms with E-state index in [1.165, 1.54) is 11.3 Å². The van der Waals surface area contributed by atoms with Gasteiger partial charge in [0.2, 0.25) is 0 Å². The maximum Gasteiger partial charge on any atom is 0.268 e. The van der Waals surface area contributed by atoms with Crippen LogP contribution in [0, 0.1) is 11.3 Å². The van der Waals surface area contributed by atoms with Crippen LogP contribution in [0.25, 0.3) is 33.2 Å². The van der Waals surface area contributed by atoms with Crippen LogP contribution in [0.2, 0.25) is 0 Å². The molecule has 0 aliphatic heterocycles. The van der Waals surface area contributed by atoms with Gasteiger partial charge in [-0.25, -0.2) is 9.67 Å². The first-order chi connectivity index (χ1) is 16.2. The van der Waals surface area contributed by atoms with E-state index in [2.05, 4.69) is 10.3 Å². The number of anilines is 1. The molecule has 7 heteroatoms. The Balaban J connectivity index is 1.52. The van der Waals surface area contributed by atoms with E-state index < -0.39 is 5.91 Å². The van der Waals surface area contributed by atoms with Crippen molar-refractivity contribution in [2.75, 3.05) is 5.32 Å². The van der Waals surface area contributed by atoms with E-state index in [-0.39, 0.29) is 5.57 Å². The first-order valence-corrected chi connectivity index (χ1v) is 11.0. The van der Waals surface area contributed by atoms with Crippen molar-refractivity contribution in [2.24, 2.45) is 0 Å². The van der Waals surface area contributed by atoms with Crippen LogP contribution in [0.4, 0.5) is 5.13 Å². The highest BCUT2D eigenvalue weighted by Crippen LogP contribution is 2.28. The number of benzene rings is 3. The number of rotatable bonds is 5. The molecule has 0 aliphatic rings. The van der Waals surface area contributed by atoms with E-state index in [1.54, 1.807) is 10.8 Å². The summed E-state index contributed by atoms with van der Waals surface area (Å²) in [5, 5.41) is 17.7. The maximum absolute atomic E-state index is 12.9. The standard InChI is InChI=1S/C26H17N5OS/c27-16-19(25(32)29-26-28-22-13-7-8-14-23(22)33-26)15-20-17-31(21-11-5-2-6-12-21)30-24(20)18-9-3-1-4-10-18/h1-15,17H,(H,28,29,32).